The van der Waals surface area contributed by atoms with Crippen LogP contribution in [0.2, 0.25) is 0 Å². The van der Waals surface area contributed by atoms with Gasteiger partial charge < -0.3 is 16.0 Å². The Kier molecular flexibility index (Phi) is 5.29. The molecule has 0 radical (unpaired) electrons. The summed E-state index contributed by atoms with van der Waals surface area (Å²) in [5.41, 5.74) is 3.68. The molecule has 2 aliphatic rings. The number of benzene rings is 1. The highest BCUT2D eigenvalue weighted by molar-refractivity contribution is 5.97. The van der Waals surface area contributed by atoms with Crippen molar-refractivity contribution in [3.05, 3.63) is 41.7 Å². The minimum Gasteiger partial charge on any atom is -0.326 e. The van der Waals surface area contributed by atoms with Crippen molar-refractivity contribution in [2.24, 2.45) is 13.0 Å². The van der Waals surface area contributed by atoms with Crippen molar-refractivity contribution in [3.8, 4) is 0 Å². The van der Waals surface area contributed by atoms with Crippen molar-refractivity contribution in [2.45, 2.75) is 18.8 Å². The fourth-order valence-corrected chi connectivity index (χ4v) is 3.62. The number of anilines is 2. The average Bonchev–Trinajstić information content (AvgIpc) is 3.23. The summed E-state index contributed by atoms with van der Waals surface area (Å²) in [4.78, 5) is 24.3. The highest BCUT2D eigenvalue weighted by Gasteiger charge is 2.34. The van der Waals surface area contributed by atoms with Gasteiger partial charge in [0.1, 0.15) is 0 Å². The number of nitrogens with one attached hydrogen (secondary N) is 3. The maximum absolute atomic E-state index is 12.8. The lowest BCUT2D eigenvalue weighted by molar-refractivity contribution is -0.119. The van der Waals surface area contributed by atoms with E-state index in [0.29, 0.717) is 18.7 Å². The number of rotatable bonds is 3. The summed E-state index contributed by atoms with van der Waals surface area (Å²) >= 11 is 0. The SMILES string of the molecule is Cl.Cn1cc([C@H]2CNC[C@@H]2C(=O)Nc2ccc3c(c2)NC(=O)CC3)cn1. The number of amides is 2. The van der Waals surface area contributed by atoms with E-state index in [9.17, 15) is 9.59 Å². The van der Waals surface area contributed by atoms with Gasteiger partial charge in [0.25, 0.3) is 0 Å². The zero-order chi connectivity index (χ0) is 17.4. The van der Waals surface area contributed by atoms with Gasteiger partial charge in [0.05, 0.1) is 12.1 Å². The standard InChI is InChI=1S/C18H21N5O2.ClH/c1-23-10-12(7-20-23)14-8-19-9-15(14)18(25)21-13-4-2-11-3-5-17(24)22-16(11)6-13;/h2,4,6-7,10,14-15,19H,3,5,8-9H2,1H3,(H,21,25)(H,22,24);1H/t14-,15+;/m1./s1. The highest BCUT2D eigenvalue weighted by atomic mass is 35.5. The Balaban J connectivity index is 0.00000196. The van der Waals surface area contributed by atoms with Crippen molar-refractivity contribution >= 4 is 35.6 Å². The third kappa shape index (κ3) is 3.59. The van der Waals surface area contributed by atoms with Gasteiger partial charge >= 0.3 is 0 Å². The largest absolute Gasteiger partial charge is 0.326 e. The number of carbonyl (C=O) groups excluding carboxylic acids is 2. The van der Waals surface area contributed by atoms with Crippen LogP contribution in [-0.2, 0) is 23.1 Å². The van der Waals surface area contributed by atoms with Gasteiger partial charge in [-0.15, -0.1) is 12.4 Å². The molecule has 3 heterocycles. The van der Waals surface area contributed by atoms with Crippen LogP contribution in [0.25, 0.3) is 0 Å². The van der Waals surface area contributed by atoms with Crippen molar-refractivity contribution in [1.82, 2.24) is 15.1 Å². The minimum absolute atomic E-state index is 0. The molecule has 1 aromatic carbocycles. The predicted octanol–water partition coefficient (Wildman–Crippen LogP) is 1.67. The van der Waals surface area contributed by atoms with Crippen LogP contribution in [0.4, 0.5) is 11.4 Å². The number of carbonyl (C=O) groups is 2. The molecule has 0 unspecified atom stereocenters. The third-order valence-corrected chi connectivity index (χ3v) is 4.98. The normalized spacial score (nSPS) is 21.5. The van der Waals surface area contributed by atoms with E-state index >= 15 is 0 Å². The molecule has 2 aliphatic heterocycles. The third-order valence-electron chi connectivity index (χ3n) is 4.98. The van der Waals surface area contributed by atoms with E-state index in [2.05, 4.69) is 21.0 Å². The van der Waals surface area contributed by atoms with E-state index in [4.69, 9.17) is 0 Å². The minimum atomic E-state index is -0.144. The van der Waals surface area contributed by atoms with Crippen molar-refractivity contribution < 1.29 is 9.59 Å². The molecule has 0 spiro atoms. The number of fused-ring (bicyclic) bond motifs is 1. The molecule has 2 atom stereocenters. The summed E-state index contributed by atoms with van der Waals surface area (Å²) in [5.74, 6) is -0.0191. The maximum Gasteiger partial charge on any atom is 0.229 e. The molecular weight excluding hydrogens is 354 g/mol. The second kappa shape index (κ2) is 7.47. The predicted molar refractivity (Wildman–Crippen MR) is 102 cm³/mol. The first-order valence-electron chi connectivity index (χ1n) is 8.53. The van der Waals surface area contributed by atoms with E-state index in [1.807, 2.05) is 37.6 Å². The number of aromatic nitrogens is 2. The lowest BCUT2D eigenvalue weighted by Crippen LogP contribution is -2.28. The lowest BCUT2D eigenvalue weighted by Gasteiger charge is -2.20. The first-order chi connectivity index (χ1) is 12.1. The summed E-state index contributed by atoms with van der Waals surface area (Å²) in [7, 11) is 1.88. The molecule has 1 aromatic heterocycles. The lowest BCUT2D eigenvalue weighted by atomic mass is 9.90. The highest BCUT2D eigenvalue weighted by Crippen LogP contribution is 2.30. The van der Waals surface area contributed by atoms with Crippen LogP contribution >= 0.6 is 12.4 Å². The van der Waals surface area contributed by atoms with Gasteiger partial charge in [0.2, 0.25) is 11.8 Å². The van der Waals surface area contributed by atoms with Crippen LogP contribution in [0.3, 0.4) is 0 Å². The molecule has 3 N–H and O–H groups in total. The van der Waals surface area contributed by atoms with Crippen LogP contribution in [0.15, 0.2) is 30.6 Å². The summed E-state index contributed by atoms with van der Waals surface area (Å²) in [5, 5.41) is 13.4. The van der Waals surface area contributed by atoms with E-state index in [0.717, 1.165) is 29.8 Å². The molecule has 138 valence electrons. The van der Waals surface area contributed by atoms with Gasteiger partial charge in [-0.25, -0.2) is 0 Å². The zero-order valence-corrected chi connectivity index (χ0v) is 15.3. The molecule has 2 aromatic rings. The summed E-state index contributed by atoms with van der Waals surface area (Å²) < 4.78 is 1.76. The Hall–Kier alpha value is -2.38. The van der Waals surface area contributed by atoms with Crippen molar-refractivity contribution in [1.29, 1.82) is 0 Å². The first kappa shape index (κ1) is 18.4. The number of halogens is 1. The molecule has 1 saturated heterocycles. The monoisotopic (exact) mass is 375 g/mol. The van der Waals surface area contributed by atoms with Crippen LogP contribution in [0.5, 0.6) is 0 Å². The molecule has 1 fully saturated rings. The topological polar surface area (TPSA) is 88.0 Å². The molecular formula is C18H22ClN5O2. The van der Waals surface area contributed by atoms with E-state index in [1.54, 1.807) is 4.68 Å². The zero-order valence-electron chi connectivity index (χ0n) is 14.5. The van der Waals surface area contributed by atoms with Gasteiger partial charge in [-0.1, -0.05) is 6.07 Å². The second-order valence-corrected chi connectivity index (χ2v) is 6.73. The van der Waals surface area contributed by atoms with E-state index in [-0.39, 0.29) is 36.1 Å². The van der Waals surface area contributed by atoms with Crippen molar-refractivity contribution in [2.75, 3.05) is 23.7 Å². The fraction of sp³-hybridized carbons (Fsp3) is 0.389. The molecule has 0 saturated carbocycles. The summed E-state index contributed by atoms with van der Waals surface area (Å²) in [6.45, 7) is 1.41. The summed E-state index contributed by atoms with van der Waals surface area (Å²) in [6.07, 6.45) is 5.04. The average molecular weight is 376 g/mol. The number of aryl methyl sites for hydroxylation is 2. The van der Waals surface area contributed by atoms with Gasteiger partial charge in [-0.2, -0.15) is 5.10 Å². The van der Waals surface area contributed by atoms with Gasteiger partial charge in [-0.05, 0) is 29.7 Å². The van der Waals surface area contributed by atoms with Gasteiger partial charge in [0, 0.05) is 50.0 Å². The van der Waals surface area contributed by atoms with Gasteiger partial charge in [0.15, 0.2) is 0 Å². The molecule has 26 heavy (non-hydrogen) atoms. The Labute approximate surface area is 157 Å². The fourth-order valence-electron chi connectivity index (χ4n) is 3.62. The quantitative estimate of drug-likeness (QED) is 0.761. The van der Waals surface area contributed by atoms with Crippen LogP contribution < -0.4 is 16.0 Å². The molecule has 0 bridgehead atoms. The number of hydrogen-bond donors (Lipinski definition) is 3. The molecule has 4 rings (SSSR count). The maximum atomic E-state index is 12.8. The molecule has 7 nitrogen and oxygen atoms in total. The Morgan fingerprint density at radius 2 is 2.15 bits per heavy atom. The number of nitrogens with zero attached hydrogens (tertiary/aromatic N) is 2. The van der Waals surface area contributed by atoms with Gasteiger partial charge in [-0.3, -0.25) is 14.3 Å². The Bertz CT molecular complexity index is 835. The second-order valence-electron chi connectivity index (χ2n) is 6.73. The van der Waals surface area contributed by atoms with E-state index in [1.165, 1.54) is 0 Å². The Morgan fingerprint density at radius 1 is 1.31 bits per heavy atom. The molecule has 2 amide bonds. The smallest absolute Gasteiger partial charge is 0.229 e. The first-order valence-corrected chi connectivity index (χ1v) is 8.53. The van der Waals surface area contributed by atoms with Crippen LogP contribution in [0.1, 0.15) is 23.5 Å². The Morgan fingerprint density at radius 3 is 2.92 bits per heavy atom. The molecule has 0 aliphatic carbocycles. The van der Waals surface area contributed by atoms with Crippen LogP contribution in [0, 0.1) is 5.92 Å². The van der Waals surface area contributed by atoms with Crippen LogP contribution in [-0.4, -0.2) is 34.7 Å². The van der Waals surface area contributed by atoms with Crippen molar-refractivity contribution in [3.63, 3.8) is 0 Å². The number of hydrogen-bond acceptors (Lipinski definition) is 4. The van der Waals surface area contributed by atoms with E-state index < -0.39 is 0 Å². The molecule has 8 heteroatoms. The summed E-state index contributed by atoms with van der Waals surface area (Å²) in [6, 6.07) is 5.71.